The van der Waals surface area contributed by atoms with Crippen molar-refractivity contribution in [1.82, 2.24) is 0 Å². The Balaban J connectivity index is 2.41. The topological polar surface area (TPSA) is 0 Å². The van der Waals surface area contributed by atoms with E-state index in [9.17, 15) is 0 Å². The van der Waals surface area contributed by atoms with Crippen LogP contribution in [0.15, 0.2) is 36.5 Å². The van der Waals surface area contributed by atoms with Gasteiger partial charge in [0.1, 0.15) is 0 Å². The van der Waals surface area contributed by atoms with Crippen molar-refractivity contribution < 1.29 is 0 Å². The van der Waals surface area contributed by atoms with Gasteiger partial charge >= 0.3 is 0 Å². The molecule has 0 saturated carbocycles. The number of hydrogen-bond donors (Lipinski definition) is 0. The highest BCUT2D eigenvalue weighted by Gasteiger charge is 2.28. The second-order valence-electron chi connectivity index (χ2n) is 2.05. The van der Waals surface area contributed by atoms with Crippen LogP contribution in [0.3, 0.4) is 0 Å². The average Bonchev–Trinajstić information content (AvgIpc) is 2.15. The maximum Gasteiger partial charge on any atom is 0.0430 e. The van der Waals surface area contributed by atoms with Crippen molar-refractivity contribution in [1.29, 1.82) is 0 Å². The summed E-state index contributed by atoms with van der Waals surface area (Å²) in [6.07, 6.45) is 12.9. The molecular weight excluding hydrogens is 84.1 g/mol. The minimum atomic E-state index is 0.333. The van der Waals surface area contributed by atoms with Crippen LogP contribution in [0.2, 0.25) is 0 Å². The van der Waals surface area contributed by atoms with Gasteiger partial charge in [-0.05, 0) is 0 Å². The van der Waals surface area contributed by atoms with Crippen molar-refractivity contribution in [3.8, 4) is 0 Å². The third kappa shape index (κ3) is 0.310. The average molecular weight is 90.1 g/mol. The highest BCUT2D eigenvalue weighted by atomic mass is 14.3. The number of rotatable bonds is 0. The largest absolute Gasteiger partial charge is 0.0695 e. The summed E-state index contributed by atoms with van der Waals surface area (Å²) in [5.74, 6) is 0. The Kier molecular flexibility index (Phi) is 0.343. The fraction of sp³-hybridized carbons (Fsp3) is 0.143. The van der Waals surface area contributed by atoms with Crippen LogP contribution in [0.1, 0.15) is 0 Å². The van der Waals surface area contributed by atoms with Crippen molar-refractivity contribution >= 4 is 0 Å². The molecule has 0 saturated heterocycles. The zero-order valence-corrected chi connectivity index (χ0v) is 3.96. The number of hydrogen-bond acceptors (Lipinski definition) is 0. The van der Waals surface area contributed by atoms with E-state index in [1.807, 2.05) is 0 Å². The van der Waals surface area contributed by atoms with Gasteiger partial charge in [0.15, 0.2) is 0 Å². The normalized spacial score (nSPS) is 27.4. The standard InChI is InChI=1S/C7H6/c1-2-4-7(3-1)5-6-7/h1-6H. The summed E-state index contributed by atoms with van der Waals surface area (Å²) in [5, 5.41) is 0. The Morgan fingerprint density at radius 3 is 1.57 bits per heavy atom. The molecule has 2 aliphatic carbocycles. The van der Waals surface area contributed by atoms with Crippen LogP contribution in [0.25, 0.3) is 0 Å². The van der Waals surface area contributed by atoms with Crippen LogP contribution in [0, 0.1) is 5.41 Å². The van der Waals surface area contributed by atoms with Crippen LogP contribution < -0.4 is 0 Å². The van der Waals surface area contributed by atoms with Gasteiger partial charge in [-0.25, -0.2) is 0 Å². The molecule has 0 aliphatic heterocycles. The van der Waals surface area contributed by atoms with Crippen LogP contribution in [0.5, 0.6) is 0 Å². The SMILES string of the molecule is C1=CC2(C=C1)C=C2. The zero-order chi connectivity index (χ0) is 4.74. The van der Waals surface area contributed by atoms with E-state index in [0.717, 1.165) is 0 Å². The van der Waals surface area contributed by atoms with Crippen molar-refractivity contribution in [2.24, 2.45) is 5.41 Å². The molecule has 2 aliphatic rings. The van der Waals surface area contributed by atoms with E-state index >= 15 is 0 Å². The van der Waals surface area contributed by atoms with Crippen molar-refractivity contribution in [2.45, 2.75) is 0 Å². The van der Waals surface area contributed by atoms with Crippen LogP contribution in [-0.4, -0.2) is 0 Å². The van der Waals surface area contributed by atoms with E-state index in [0.29, 0.717) is 5.41 Å². The molecule has 0 heterocycles. The van der Waals surface area contributed by atoms with Gasteiger partial charge in [-0.15, -0.1) is 0 Å². The highest BCUT2D eigenvalue weighted by Crippen LogP contribution is 2.40. The summed E-state index contributed by atoms with van der Waals surface area (Å²) in [6.45, 7) is 0. The molecule has 0 heteroatoms. The lowest BCUT2D eigenvalue weighted by Gasteiger charge is -1.92. The maximum absolute atomic E-state index is 2.19. The molecule has 34 valence electrons. The molecule has 1 spiro atoms. The fourth-order valence-corrected chi connectivity index (χ4v) is 0.818. The predicted molar refractivity (Wildman–Crippen MR) is 29.9 cm³/mol. The Bertz CT molecular complexity index is 150. The van der Waals surface area contributed by atoms with E-state index in [2.05, 4.69) is 36.5 Å². The lowest BCUT2D eigenvalue weighted by Crippen LogP contribution is -1.84. The third-order valence-corrected chi connectivity index (χ3v) is 1.43. The van der Waals surface area contributed by atoms with E-state index < -0.39 is 0 Å². The first-order valence-corrected chi connectivity index (χ1v) is 2.49. The zero-order valence-electron chi connectivity index (χ0n) is 3.96. The summed E-state index contributed by atoms with van der Waals surface area (Å²) >= 11 is 0. The molecule has 0 aromatic rings. The monoisotopic (exact) mass is 90.0 g/mol. The first kappa shape index (κ1) is 3.25. The van der Waals surface area contributed by atoms with E-state index in [1.165, 1.54) is 0 Å². The van der Waals surface area contributed by atoms with Gasteiger partial charge in [-0.3, -0.25) is 0 Å². The smallest absolute Gasteiger partial charge is 0.0430 e. The van der Waals surface area contributed by atoms with Crippen LogP contribution in [0.4, 0.5) is 0 Å². The summed E-state index contributed by atoms with van der Waals surface area (Å²) in [7, 11) is 0. The summed E-state index contributed by atoms with van der Waals surface area (Å²) in [6, 6.07) is 0. The lowest BCUT2D eigenvalue weighted by molar-refractivity contribution is 0.981. The molecule has 2 rings (SSSR count). The third-order valence-electron chi connectivity index (χ3n) is 1.43. The van der Waals surface area contributed by atoms with Crippen molar-refractivity contribution in [3.05, 3.63) is 36.5 Å². The second kappa shape index (κ2) is 0.738. The molecule has 0 fully saturated rings. The molecule has 0 unspecified atom stereocenters. The highest BCUT2D eigenvalue weighted by molar-refractivity contribution is 5.46. The molecule has 0 atom stereocenters. The van der Waals surface area contributed by atoms with Gasteiger partial charge in [-0.2, -0.15) is 0 Å². The summed E-state index contributed by atoms with van der Waals surface area (Å²) < 4.78 is 0. The Morgan fingerprint density at radius 2 is 1.29 bits per heavy atom. The molecule has 0 nitrogen and oxygen atoms in total. The van der Waals surface area contributed by atoms with Crippen LogP contribution in [-0.2, 0) is 0 Å². The van der Waals surface area contributed by atoms with Gasteiger partial charge in [0.2, 0.25) is 0 Å². The van der Waals surface area contributed by atoms with Gasteiger partial charge in [0, 0.05) is 5.41 Å². The molecule has 0 aromatic heterocycles. The molecule has 0 amide bonds. The number of allylic oxidation sites excluding steroid dienone is 6. The van der Waals surface area contributed by atoms with Gasteiger partial charge in [0.25, 0.3) is 0 Å². The molecule has 0 aromatic carbocycles. The fourth-order valence-electron chi connectivity index (χ4n) is 0.818. The summed E-state index contributed by atoms with van der Waals surface area (Å²) in [4.78, 5) is 0. The second-order valence-corrected chi connectivity index (χ2v) is 2.05. The van der Waals surface area contributed by atoms with Gasteiger partial charge in [-0.1, -0.05) is 36.5 Å². The molecule has 0 radical (unpaired) electrons. The first-order valence-electron chi connectivity index (χ1n) is 2.49. The minimum absolute atomic E-state index is 0.333. The molecule has 7 heavy (non-hydrogen) atoms. The van der Waals surface area contributed by atoms with Crippen molar-refractivity contribution in [2.75, 3.05) is 0 Å². The first-order chi connectivity index (χ1) is 3.41. The Labute approximate surface area is 42.8 Å². The lowest BCUT2D eigenvalue weighted by atomic mass is 10.1. The quantitative estimate of drug-likeness (QED) is 0.397. The minimum Gasteiger partial charge on any atom is -0.0695 e. The van der Waals surface area contributed by atoms with Crippen molar-refractivity contribution in [3.63, 3.8) is 0 Å². The van der Waals surface area contributed by atoms with E-state index in [4.69, 9.17) is 0 Å². The van der Waals surface area contributed by atoms with Gasteiger partial charge < -0.3 is 0 Å². The Morgan fingerprint density at radius 1 is 0.714 bits per heavy atom. The van der Waals surface area contributed by atoms with E-state index in [1.54, 1.807) is 0 Å². The molecule has 0 bridgehead atoms. The van der Waals surface area contributed by atoms with Gasteiger partial charge in [0.05, 0.1) is 0 Å². The Hall–Kier alpha value is -0.780. The predicted octanol–water partition coefficient (Wildman–Crippen LogP) is 1.67. The summed E-state index contributed by atoms with van der Waals surface area (Å²) in [5.41, 5.74) is 0.333. The molecule has 0 N–H and O–H groups in total. The van der Waals surface area contributed by atoms with E-state index in [-0.39, 0.29) is 0 Å². The maximum atomic E-state index is 2.19. The molecular formula is C7H6. The van der Waals surface area contributed by atoms with Crippen LogP contribution >= 0.6 is 0 Å².